The highest BCUT2D eigenvalue weighted by atomic mass is 79.9. The molecule has 0 spiro atoms. The molecule has 0 aliphatic rings. The molecule has 0 saturated carbocycles. The maximum atomic E-state index is 13.5. The van der Waals surface area contributed by atoms with E-state index >= 15 is 0 Å². The first kappa shape index (κ1) is 12.0. The lowest BCUT2D eigenvalue weighted by molar-refractivity contribution is 0.472. The Morgan fingerprint density at radius 1 is 1.35 bits per heavy atom. The Kier molecular flexibility index (Phi) is 3.71. The number of pyridine rings is 1. The summed E-state index contributed by atoms with van der Waals surface area (Å²) >= 11 is 3.30. The van der Waals surface area contributed by atoms with E-state index in [9.17, 15) is 4.39 Å². The maximum Gasteiger partial charge on any atom is 0.144 e. The lowest BCUT2D eigenvalue weighted by atomic mass is 10.2. The van der Waals surface area contributed by atoms with Gasteiger partial charge in [0, 0.05) is 36.6 Å². The van der Waals surface area contributed by atoms with Crippen LogP contribution >= 0.6 is 15.9 Å². The number of hydrogen-bond acceptors (Lipinski definition) is 3. The van der Waals surface area contributed by atoms with Gasteiger partial charge in [-0.05, 0) is 22.0 Å². The van der Waals surface area contributed by atoms with Gasteiger partial charge in [-0.3, -0.25) is 4.98 Å². The molecule has 1 aromatic heterocycles. The molecule has 1 heterocycles. The van der Waals surface area contributed by atoms with Crippen molar-refractivity contribution in [2.45, 2.75) is 6.54 Å². The normalized spacial score (nSPS) is 10.3. The summed E-state index contributed by atoms with van der Waals surface area (Å²) < 4.78 is 19.7. The molecule has 0 fully saturated rings. The summed E-state index contributed by atoms with van der Waals surface area (Å²) in [7, 11) is 0. The molecule has 2 aromatic rings. The van der Waals surface area contributed by atoms with Crippen molar-refractivity contribution >= 4 is 15.9 Å². The second-order valence-electron chi connectivity index (χ2n) is 3.37. The number of aromatic nitrogens is 1. The summed E-state index contributed by atoms with van der Waals surface area (Å²) in [4.78, 5) is 3.91. The molecule has 1 aromatic carbocycles. The minimum atomic E-state index is -0.366. The van der Waals surface area contributed by atoms with Crippen molar-refractivity contribution in [3.8, 4) is 11.5 Å². The average Bonchev–Trinajstić information content (AvgIpc) is 2.32. The number of nitrogens with zero attached hydrogens (tertiary/aromatic N) is 1. The minimum absolute atomic E-state index is 0.172. The van der Waals surface area contributed by atoms with Crippen molar-refractivity contribution in [1.82, 2.24) is 4.98 Å². The van der Waals surface area contributed by atoms with Crippen LogP contribution in [0.1, 0.15) is 5.56 Å². The summed E-state index contributed by atoms with van der Waals surface area (Å²) in [5.74, 6) is 0.640. The zero-order valence-electron chi connectivity index (χ0n) is 8.86. The predicted molar refractivity (Wildman–Crippen MR) is 66.3 cm³/mol. The summed E-state index contributed by atoms with van der Waals surface area (Å²) in [5, 5.41) is 0. The molecule has 0 bridgehead atoms. The SMILES string of the molecule is NCc1ccc(Oc2ccncc2Br)cc1F. The van der Waals surface area contributed by atoms with Crippen molar-refractivity contribution in [2.75, 3.05) is 0 Å². The quantitative estimate of drug-likeness (QED) is 0.946. The molecule has 0 aliphatic carbocycles. The van der Waals surface area contributed by atoms with E-state index in [1.165, 1.54) is 6.07 Å². The van der Waals surface area contributed by atoms with E-state index in [1.807, 2.05) is 0 Å². The molecule has 5 heteroatoms. The van der Waals surface area contributed by atoms with Crippen molar-refractivity contribution in [1.29, 1.82) is 0 Å². The van der Waals surface area contributed by atoms with Gasteiger partial charge < -0.3 is 10.5 Å². The molecule has 0 aliphatic heterocycles. The molecule has 3 nitrogen and oxygen atoms in total. The molecule has 2 rings (SSSR count). The van der Waals surface area contributed by atoms with E-state index < -0.39 is 0 Å². The fourth-order valence-corrected chi connectivity index (χ4v) is 1.66. The topological polar surface area (TPSA) is 48.1 Å². The molecule has 17 heavy (non-hydrogen) atoms. The van der Waals surface area contributed by atoms with Crippen molar-refractivity contribution in [2.24, 2.45) is 5.73 Å². The summed E-state index contributed by atoms with van der Waals surface area (Å²) in [6, 6.07) is 6.30. The zero-order valence-corrected chi connectivity index (χ0v) is 10.4. The molecule has 0 unspecified atom stereocenters. The highest BCUT2D eigenvalue weighted by molar-refractivity contribution is 9.10. The average molecular weight is 297 g/mol. The van der Waals surface area contributed by atoms with E-state index in [-0.39, 0.29) is 12.4 Å². The number of rotatable bonds is 3. The Hall–Kier alpha value is -1.46. The highest BCUT2D eigenvalue weighted by Crippen LogP contribution is 2.29. The van der Waals surface area contributed by atoms with E-state index in [1.54, 1.807) is 30.6 Å². The Morgan fingerprint density at radius 3 is 2.82 bits per heavy atom. The second-order valence-corrected chi connectivity index (χ2v) is 4.22. The van der Waals surface area contributed by atoms with Crippen LogP contribution in [0.25, 0.3) is 0 Å². The minimum Gasteiger partial charge on any atom is -0.456 e. The van der Waals surface area contributed by atoms with Crippen molar-refractivity contribution in [3.05, 3.63) is 52.5 Å². The van der Waals surface area contributed by atoms with Crippen LogP contribution in [0.3, 0.4) is 0 Å². The van der Waals surface area contributed by atoms with Crippen LogP contribution < -0.4 is 10.5 Å². The van der Waals surface area contributed by atoms with Gasteiger partial charge in [-0.15, -0.1) is 0 Å². The van der Waals surface area contributed by atoms with E-state index in [2.05, 4.69) is 20.9 Å². The van der Waals surface area contributed by atoms with Crippen LogP contribution in [-0.2, 0) is 6.54 Å². The number of hydrogen-bond donors (Lipinski definition) is 1. The first-order valence-corrected chi connectivity index (χ1v) is 5.76. The van der Waals surface area contributed by atoms with E-state index in [0.717, 1.165) is 0 Å². The summed E-state index contributed by atoms with van der Waals surface area (Å²) in [6.07, 6.45) is 3.21. The van der Waals surface area contributed by atoms with Crippen molar-refractivity contribution < 1.29 is 9.13 Å². The molecule has 88 valence electrons. The maximum absolute atomic E-state index is 13.5. The van der Waals surface area contributed by atoms with Gasteiger partial charge in [0.2, 0.25) is 0 Å². The van der Waals surface area contributed by atoms with Gasteiger partial charge in [-0.1, -0.05) is 6.07 Å². The van der Waals surface area contributed by atoms with Crippen LogP contribution in [0, 0.1) is 5.82 Å². The number of halogens is 2. The van der Waals surface area contributed by atoms with Gasteiger partial charge in [0.05, 0.1) is 4.47 Å². The number of benzene rings is 1. The predicted octanol–water partition coefficient (Wildman–Crippen LogP) is 3.23. The third kappa shape index (κ3) is 2.81. The third-order valence-electron chi connectivity index (χ3n) is 2.21. The molecule has 0 atom stereocenters. The summed E-state index contributed by atoms with van der Waals surface area (Å²) in [6.45, 7) is 0.172. The monoisotopic (exact) mass is 296 g/mol. The molecule has 0 amide bonds. The van der Waals surface area contributed by atoms with Crippen LogP contribution in [0.5, 0.6) is 11.5 Å². The Labute approximate surface area is 107 Å². The first-order chi connectivity index (χ1) is 8.20. The third-order valence-corrected chi connectivity index (χ3v) is 2.80. The summed E-state index contributed by atoms with van der Waals surface area (Å²) in [5.41, 5.74) is 5.84. The van der Waals surface area contributed by atoms with Gasteiger partial charge >= 0.3 is 0 Å². The largest absolute Gasteiger partial charge is 0.456 e. The highest BCUT2D eigenvalue weighted by Gasteiger charge is 2.05. The van der Waals surface area contributed by atoms with Gasteiger partial charge in [-0.25, -0.2) is 4.39 Å². The first-order valence-electron chi connectivity index (χ1n) is 4.96. The fourth-order valence-electron chi connectivity index (χ4n) is 1.33. The fraction of sp³-hybridized carbons (Fsp3) is 0.0833. The van der Waals surface area contributed by atoms with Crippen LogP contribution in [0.2, 0.25) is 0 Å². The standard InChI is InChI=1S/C12H10BrFN2O/c13-10-7-16-4-3-12(10)17-9-2-1-8(6-15)11(14)5-9/h1-5,7H,6,15H2. The number of nitrogens with two attached hydrogens (primary N) is 1. The van der Waals surface area contributed by atoms with E-state index in [0.29, 0.717) is 21.5 Å². The van der Waals surface area contributed by atoms with Crippen LogP contribution in [0.4, 0.5) is 4.39 Å². The van der Waals surface area contributed by atoms with Gasteiger partial charge in [0.25, 0.3) is 0 Å². The smallest absolute Gasteiger partial charge is 0.144 e. The van der Waals surface area contributed by atoms with Gasteiger partial charge in [0.1, 0.15) is 17.3 Å². The number of ether oxygens (including phenoxy) is 1. The van der Waals surface area contributed by atoms with Crippen LogP contribution in [0.15, 0.2) is 41.1 Å². The molecule has 0 radical (unpaired) electrons. The second kappa shape index (κ2) is 5.25. The lowest BCUT2D eigenvalue weighted by Crippen LogP contribution is -1.99. The molecule has 2 N–H and O–H groups in total. The van der Waals surface area contributed by atoms with Crippen LogP contribution in [-0.4, -0.2) is 4.98 Å². The molecular weight excluding hydrogens is 287 g/mol. The Morgan fingerprint density at radius 2 is 2.18 bits per heavy atom. The van der Waals surface area contributed by atoms with Gasteiger partial charge in [-0.2, -0.15) is 0 Å². The molecular formula is C12H10BrFN2O. The molecule has 0 saturated heterocycles. The van der Waals surface area contributed by atoms with Crippen molar-refractivity contribution in [3.63, 3.8) is 0 Å². The lowest BCUT2D eigenvalue weighted by Gasteiger charge is -2.08. The van der Waals surface area contributed by atoms with E-state index in [4.69, 9.17) is 10.5 Å². The Balaban J connectivity index is 2.25. The Bertz CT molecular complexity index is 534. The zero-order chi connectivity index (χ0) is 12.3. The van der Waals surface area contributed by atoms with Gasteiger partial charge in [0.15, 0.2) is 0 Å².